The van der Waals surface area contributed by atoms with Gasteiger partial charge in [0.15, 0.2) is 12.1 Å². The number of benzene rings is 1. The summed E-state index contributed by atoms with van der Waals surface area (Å²) in [5.74, 6) is -0.986. The van der Waals surface area contributed by atoms with E-state index in [1.807, 2.05) is 56.3 Å². The summed E-state index contributed by atoms with van der Waals surface area (Å²) in [5.41, 5.74) is 1.05. The van der Waals surface area contributed by atoms with Crippen molar-refractivity contribution in [1.29, 1.82) is 0 Å². The second-order valence-corrected chi connectivity index (χ2v) is 8.76. The second kappa shape index (κ2) is 11.8. The van der Waals surface area contributed by atoms with Crippen molar-refractivity contribution in [2.45, 2.75) is 95.5 Å². The van der Waals surface area contributed by atoms with Crippen molar-refractivity contribution < 1.29 is 28.5 Å². The lowest BCUT2D eigenvalue weighted by atomic mass is 10.0. The number of carbonyl (C=O) groups excluding carboxylic acids is 1. The van der Waals surface area contributed by atoms with Gasteiger partial charge in [-0.3, -0.25) is 4.79 Å². The van der Waals surface area contributed by atoms with Crippen molar-refractivity contribution in [3.05, 3.63) is 61.2 Å². The zero-order valence-corrected chi connectivity index (χ0v) is 19.2. The molecule has 0 amide bonds. The normalized spacial score (nSPS) is 26.9. The van der Waals surface area contributed by atoms with Crippen LogP contribution in [-0.4, -0.2) is 42.5 Å². The molecule has 2 heterocycles. The molecule has 0 bridgehead atoms. The van der Waals surface area contributed by atoms with Crippen molar-refractivity contribution in [3.63, 3.8) is 0 Å². The fourth-order valence-electron chi connectivity index (χ4n) is 4.12. The van der Waals surface area contributed by atoms with E-state index in [1.165, 1.54) is 0 Å². The molecule has 2 aliphatic heterocycles. The molecule has 0 spiro atoms. The van der Waals surface area contributed by atoms with Gasteiger partial charge in [0.1, 0.15) is 24.4 Å². The quantitative estimate of drug-likeness (QED) is 0.240. The number of esters is 1. The fourth-order valence-corrected chi connectivity index (χ4v) is 4.12. The lowest BCUT2D eigenvalue weighted by molar-refractivity contribution is -0.233. The number of hydrogen-bond acceptors (Lipinski definition) is 6. The van der Waals surface area contributed by atoms with Crippen molar-refractivity contribution in [3.8, 4) is 0 Å². The van der Waals surface area contributed by atoms with Crippen LogP contribution in [0.5, 0.6) is 0 Å². The molecule has 0 aliphatic carbocycles. The summed E-state index contributed by atoms with van der Waals surface area (Å²) in [4.78, 5) is 12.5. The minimum atomic E-state index is -0.757. The van der Waals surface area contributed by atoms with Gasteiger partial charge in [0.05, 0.1) is 6.61 Å². The van der Waals surface area contributed by atoms with Gasteiger partial charge in [-0.1, -0.05) is 42.5 Å². The van der Waals surface area contributed by atoms with Crippen LogP contribution in [0.25, 0.3) is 0 Å². The second-order valence-electron chi connectivity index (χ2n) is 8.76. The van der Waals surface area contributed by atoms with E-state index in [1.54, 1.807) is 0 Å². The molecule has 0 radical (unpaired) electrons. The smallest absolute Gasteiger partial charge is 0.306 e. The predicted octanol–water partition coefficient (Wildman–Crippen LogP) is 5.07. The number of rotatable bonds is 13. The standard InChI is InChI=1S/C26H36O6/c1-5-7-9-13-17-21(27)29-20(16-8-6-2)22-23(28-18-19-14-11-10-12-15-19)24-25(30-22)32-26(3,4)31-24/h5-6,10-12,14-15,20,22-25H,1-2,7-9,13,16-18H2,3-4H3/t20-,22-,23+,24-,25-/m1/s1. The summed E-state index contributed by atoms with van der Waals surface area (Å²) in [5, 5.41) is 0. The van der Waals surface area contributed by atoms with Crippen LogP contribution in [-0.2, 0) is 35.1 Å². The predicted molar refractivity (Wildman–Crippen MR) is 122 cm³/mol. The monoisotopic (exact) mass is 444 g/mol. The average Bonchev–Trinajstić information content (AvgIpc) is 3.25. The van der Waals surface area contributed by atoms with Crippen molar-refractivity contribution >= 4 is 5.97 Å². The summed E-state index contributed by atoms with van der Waals surface area (Å²) in [6, 6.07) is 9.94. The van der Waals surface area contributed by atoms with Crippen LogP contribution in [0.3, 0.4) is 0 Å². The molecule has 176 valence electrons. The molecule has 2 aliphatic rings. The van der Waals surface area contributed by atoms with E-state index in [0.717, 1.165) is 24.8 Å². The van der Waals surface area contributed by atoms with Crippen LogP contribution in [0, 0.1) is 0 Å². The van der Waals surface area contributed by atoms with Crippen molar-refractivity contribution in [2.75, 3.05) is 0 Å². The maximum Gasteiger partial charge on any atom is 0.306 e. The first-order valence-electron chi connectivity index (χ1n) is 11.5. The molecule has 2 saturated heterocycles. The van der Waals surface area contributed by atoms with Crippen LogP contribution in [0.1, 0.15) is 57.9 Å². The van der Waals surface area contributed by atoms with E-state index < -0.39 is 36.5 Å². The minimum Gasteiger partial charge on any atom is -0.459 e. The topological polar surface area (TPSA) is 63.2 Å². The molecule has 0 saturated carbocycles. The van der Waals surface area contributed by atoms with E-state index in [2.05, 4.69) is 13.2 Å². The van der Waals surface area contributed by atoms with Gasteiger partial charge in [0, 0.05) is 6.42 Å². The van der Waals surface area contributed by atoms with Crippen molar-refractivity contribution in [1.82, 2.24) is 0 Å². The van der Waals surface area contributed by atoms with E-state index in [0.29, 0.717) is 25.9 Å². The Hall–Kier alpha value is -1.99. The van der Waals surface area contributed by atoms with Gasteiger partial charge in [-0.2, -0.15) is 0 Å². The highest BCUT2D eigenvalue weighted by molar-refractivity contribution is 5.69. The van der Waals surface area contributed by atoms with Crippen LogP contribution < -0.4 is 0 Å². The number of allylic oxidation sites excluding steroid dienone is 2. The molecule has 5 atom stereocenters. The van der Waals surface area contributed by atoms with E-state index in [9.17, 15) is 4.79 Å². The summed E-state index contributed by atoms with van der Waals surface area (Å²) in [6.45, 7) is 11.6. The maximum atomic E-state index is 12.5. The van der Waals surface area contributed by atoms with Gasteiger partial charge in [-0.15, -0.1) is 13.2 Å². The van der Waals surface area contributed by atoms with E-state index in [4.69, 9.17) is 23.7 Å². The Morgan fingerprint density at radius 3 is 2.59 bits per heavy atom. The zero-order chi connectivity index (χ0) is 23.0. The van der Waals surface area contributed by atoms with Gasteiger partial charge in [0.2, 0.25) is 0 Å². The first-order valence-corrected chi connectivity index (χ1v) is 11.5. The lowest BCUT2D eigenvalue weighted by Crippen LogP contribution is -2.44. The van der Waals surface area contributed by atoms with Crippen molar-refractivity contribution in [2.24, 2.45) is 0 Å². The minimum absolute atomic E-state index is 0.229. The molecule has 0 N–H and O–H groups in total. The maximum absolute atomic E-state index is 12.5. The van der Waals surface area contributed by atoms with E-state index in [-0.39, 0.29) is 5.97 Å². The first kappa shape index (κ1) is 24.6. The SMILES string of the molecule is C=CCCCCC(=O)O[C@H](CCC=C)[C@H]1O[C@@H]2OC(C)(C)O[C@@H]2[C@H]1OCc1ccccc1. The fraction of sp³-hybridized carbons (Fsp3) is 0.577. The highest BCUT2D eigenvalue weighted by Crippen LogP contribution is 2.41. The first-order chi connectivity index (χ1) is 15.4. The Kier molecular flexibility index (Phi) is 9.05. The third kappa shape index (κ3) is 6.75. The Morgan fingerprint density at radius 2 is 1.88 bits per heavy atom. The lowest BCUT2D eigenvalue weighted by Gasteiger charge is -2.31. The molecule has 6 heteroatoms. The molecule has 2 fully saturated rings. The highest BCUT2D eigenvalue weighted by atomic mass is 16.8. The summed E-state index contributed by atoms with van der Waals surface area (Å²) < 4.78 is 30.5. The van der Waals surface area contributed by atoms with Crippen LogP contribution in [0.4, 0.5) is 0 Å². The van der Waals surface area contributed by atoms with Gasteiger partial charge in [0.25, 0.3) is 0 Å². The molecule has 3 rings (SSSR count). The Labute approximate surface area is 191 Å². The highest BCUT2D eigenvalue weighted by Gasteiger charge is 2.57. The molecule has 1 aromatic rings. The average molecular weight is 445 g/mol. The Balaban J connectivity index is 1.70. The molecule has 6 nitrogen and oxygen atoms in total. The number of ether oxygens (including phenoxy) is 5. The summed E-state index contributed by atoms with van der Waals surface area (Å²) in [7, 11) is 0. The Morgan fingerprint density at radius 1 is 1.12 bits per heavy atom. The third-order valence-corrected chi connectivity index (χ3v) is 5.66. The molecule has 1 aromatic carbocycles. The molecule has 0 unspecified atom stereocenters. The molecule has 0 aromatic heterocycles. The molecular weight excluding hydrogens is 408 g/mol. The zero-order valence-electron chi connectivity index (χ0n) is 19.2. The van der Waals surface area contributed by atoms with Crippen LogP contribution >= 0.6 is 0 Å². The molecular formula is C26H36O6. The summed E-state index contributed by atoms with van der Waals surface area (Å²) >= 11 is 0. The van der Waals surface area contributed by atoms with Gasteiger partial charge in [-0.25, -0.2) is 0 Å². The van der Waals surface area contributed by atoms with Gasteiger partial charge in [-0.05, 0) is 51.5 Å². The largest absolute Gasteiger partial charge is 0.459 e. The number of hydrogen-bond donors (Lipinski definition) is 0. The van der Waals surface area contributed by atoms with Gasteiger partial charge >= 0.3 is 5.97 Å². The van der Waals surface area contributed by atoms with Crippen LogP contribution in [0.15, 0.2) is 55.6 Å². The number of carbonyl (C=O) groups is 1. The van der Waals surface area contributed by atoms with E-state index >= 15 is 0 Å². The summed E-state index contributed by atoms with van der Waals surface area (Å²) in [6.07, 6.45) is 5.58. The van der Waals surface area contributed by atoms with Gasteiger partial charge < -0.3 is 23.7 Å². The van der Waals surface area contributed by atoms with Crippen LogP contribution in [0.2, 0.25) is 0 Å². The number of unbranched alkanes of at least 4 members (excludes halogenated alkanes) is 2. The molecule has 32 heavy (non-hydrogen) atoms. The number of fused-ring (bicyclic) bond motifs is 1. The Bertz CT molecular complexity index is 746. The third-order valence-electron chi connectivity index (χ3n) is 5.66.